The third-order valence-corrected chi connectivity index (χ3v) is 11.1. The molecule has 10 heteroatoms. The summed E-state index contributed by atoms with van der Waals surface area (Å²) in [5.41, 5.74) is 7.27. The van der Waals surface area contributed by atoms with E-state index in [0.29, 0.717) is 17.0 Å². The van der Waals surface area contributed by atoms with Gasteiger partial charge in [-0.15, -0.1) is 11.3 Å². The molecule has 8 nitrogen and oxygen atoms in total. The van der Waals surface area contributed by atoms with Gasteiger partial charge in [-0.25, -0.2) is 9.78 Å². The molecule has 2 aromatic heterocycles. The molecule has 3 aromatic carbocycles. The molecule has 0 amide bonds. The van der Waals surface area contributed by atoms with E-state index in [-0.39, 0.29) is 6.61 Å². The number of carbonyl (C=O) groups is 1. The molecule has 1 atom stereocenters. The van der Waals surface area contributed by atoms with Crippen LogP contribution in [0.1, 0.15) is 76.3 Å². The highest BCUT2D eigenvalue weighted by Gasteiger charge is 2.34. The first-order valence-corrected chi connectivity index (χ1v) is 18.6. The molecule has 0 radical (unpaired) electrons. The van der Waals surface area contributed by atoms with E-state index in [1.165, 1.54) is 11.1 Å². The Kier molecular flexibility index (Phi) is 9.58. The normalized spacial score (nSPS) is 17.1. The summed E-state index contributed by atoms with van der Waals surface area (Å²) in [7, 11) is 0. The maximum Gasteiger partial charge on any atom is 0.339 e. The number of hydrogen-bond donors (Lipinski definition) is 0. The fraction of sp³-hybridized carbons (Fsp3) is 0.462. The van der Waals surface area contributed by atoms with Crippen LogP contribution in [0.25, 0.3) is 42.8 Å². The van der Waals surface area contributed by atoms with E-state index in [2.05, 4.69) is 40.8 Å². The molecule has 0 spiro atoms. The zero-order valence-electron chi connectivity index (χ0n) is 29.2. The van der Waals surface area contributed by atoms with E-state index < -0.39 is 17.7 Å². The fourth-order valence-corrected chi connectivity index (χ4v) is 8.55. The number of ether oxygens (including phenoxy) is 3. The van der Waals surface area contributed by atoms with Crippen LogP contribution in [0.5, 0.6) is 0 Å². The van der Waals surface area contributed by atoms with Gasteiger partial charge in [-0.3, -0.25) is 9.58 Å². The van der Waals surface area contributed by atoms with Crippen molar-refractivity contribution in [1.29, 1.82) is 0 Å². The number of aryl methyl sites for hydroxylation is 2. The summed E-state index contributed by atoms with van der Waals surface area (Å²) in [6, 6.07) is 17.0. The molecule has 0 aliphatic carbocycles. The molecular weight excluding hydrogens is 656 g/mol. The third-order valence-electron chi connectivity index (χ3n) is 9.67. The molecule has 4 heterocycles. The molecule has 49 heavy (non-hydrogen) atoms. The van der Waals surface area contributed by atoms with Crippen LogP contribution in [0.2, 0.25) is 5.02 Å². The van der Waals surface area contributed by atoms with Gasteiger partial charge in [0.1, 0.15) is 5.01 Å². The topological polar surface area (TPSA) is 78.7 Å². The SMILES string of the molecule is CCOC(=O)[C@@H](OC(C)(C)C)c1c(C)cc2nc(-c3ccc4nn(CC)c(C5CCN(C6COC6)CC5)c4c3)sc2c1-c1ccc(Cl)cc1. The minimum absolute atomic E-state index is 0.263. The van der Waals surface area contributed by atoms with Crippen LogP contribution in [0.3, 0.4) is 0 Å². The first-order valence-electron chi connectivity index (χ1n) is 17.4. The maximum atomic E-state index is 13.6. The number of likely N-dealkylation sites (tertiary alicyclic amines) is 1. The Morgan fingerprint density at radius 1 is 1.04 bits per heavy atom. The van der Waals surface area contributed by atoms with Gasteiger partial charge in [0.05, 0.1) is 47.2 Å². The van der Waals surface area contributed by atoms with Crippen molar-refractivity contribution in [2.24, 2.45) is 0 Å². The number of esters is 1. The van der Waals surface area contributed by atoms with Crippen molar-refractivity contribution < 1.29 is 19.0 Å². The summed E-state index contributed by atoms with van der Waals surface area (Å²) >= 11 is 7.99. The fourth-order valence-electron chi connectivity index (χ4n) is 7.30. The Morgan fingerprint density at radius 2 is 1.76 bits per heavy atom. The summed E-state index contributed by atoms with van der Waals surface area (Å²) in [6.07, 6.45) is 1.32. The number of aromatic nitrogens is 3. The summed E-state index contributed by atoms with van der Waals surface area (Å²) in [4.78, 5) is 21.4. The van der Waals surface area contributed by atoms with Gasteiger partial charge in [0.2, 0.25) is 0 Å². The number of hydrogen-bond acceptors (Lipinski definition) is 8. The number of carbonyl (C=O) groups excluding carboxylic acids is 1. The van der Waals surface area contributed by atoms with Crippen LogP contribution < -0.4 is 0 Å². The summed E-state index contributed by atoms with van der Waals surface area (Å²) in [5.74, 6) is 0.0507. The van der Waals surface area contributed by atoms with E-state index >= 15 is 0 Å². The number of nitrogens with zero attached hydrogens (tertiary/aromatic N) is 4. The standard InChI is InChI=1S/C39H45ClN4O4S/c1-7-44-34(25-15-17-43(18-16-25)28-21-46-22-28)29-20-26(11-14-30(29)42-44)37-41-31-19-23(3)32(35(38(45)47-8-2)48-39(4,5)6)33(36(31)49-37)24-9-12-27(40)13-10-24/h9-14,19-20,25,28,35H,7-8,15-18,21-22H2,1-6H3/t35-/m0/s1. The van der Waals surface area contributed by atoms with Crippen LogP contribution in [-0.4, -0.2) is 70.2 Å². The average molecular weight is 701 g/mol. The van der Waals surface area contributed by atoms with Crippen LogP contribution in [0.4, 0.5) is 0 Å². The minimum atomic E-state index is -0.914. The molecule has 2 aliphatic rings. The van der Waals surface area contributed by atoms with Crippen molar-refractivity contribution in [3.8, 4) is 21.7 Å². The van der Waals surface area contributed by atoms with Gasteiger partial charge in [-0.05, 0) is 115 Å². The number of benzene rings is 3. The van der Waals surface area contributed by atoms with E-state index in [0.717, 1.165) is 94.2 Å². The molecule has 0 saturated carbocycles. The lowest BCUT2D eigenvalue weighted by molar-refractivity contribution is -0.166. The summed E-state index contributed by atoms with van der Waals surface area (Å²) in [5, 5.41) is 7.80. The van der Waals surface area contributed by atoms with Crippen molar-refractivity contribution in [1.82, 2.24) is 19.7 Å². The van der Waals surface area contributed by atoms with E-state index in [1.54, 1.807) is 11.3 Å². The van der Waals surface area contributed by atoms with E-state index in [1.807, 2.05) is 58.9 Å². The highest BCUT2D eigenvalue weighted by atomic mass is 35.5. The number of piperidine rings is 1. The van der Waals surface area contributed by atoms with Gasteiger partial charge in [0.25, 0.3) is 0 Å². The van der Waals surface area contributed by atoms with Crippen LogP contribution in [0.15, 0.2) is 48.5 Å². The Labute approximate surface area is 297 Å². The van der Waals surface area contributed by atoms with Gasteiger partial charge in [0, 0.05) is 45.3 Å². The van der Waals surface area contributed by atoms with Crippen LogP contribution in [-0.2, 0) is 25.5 Å². The molecule has 2 saturated heterocycles. The molecule has 0 bridgehead atoms. The lowest BCUT2D eigenvalue weighted by atomic mass is 9.90. The zero-order chi connectivity index (χ0) is 34.4. The van der Waals surface area contributed by atoms with Gasteiger partial charge >= 0.3 is 5.97 Å². The Balaban J connectivity index is 1.35. The lowest BCUT2D eigenvalue weighted by Gasteiger charge is -2.41. The maximum absolute atomic E-state index is 13.6. The molecule has 2 aliphatic heterocycles. The average Bonchev–Trinajstić information content (AvgIpc) is 3.64. The predicted octanol–water partition coefficient (Wildman–Crippen LogP) is 8.96. The molecule has 258 valence electrons. The van der Waals surface area contributed by atoms with Crippen molar-refractivity contribution in [2.45, 2.75) is 84.6 Å². The van der Waals surface area contributed by atoms with Crippen LogP contribution >= 0.6 is 22.9 Å². The first kappa shape index (κ1) is 34.1. The van der Waals surface area contributed by atoms with Gasteiger partial charge < -0.3 is 14.2 Å². The largest absolute Gasteiger partial charge is 0.464 e. The van der Waals surface area contributed by atoms with Crippen LogP contribution in [0, 0.1) is 6.92 Å². The van der Waals surface area contributed by atoms with Crippen molar-refractivity contribution in [2.75, 3.05) is 32.9 Å². The minimum Gasteiger partial charge on any atom is -0.464 e. The quantitative estimate of drug-likeness (QED) is 0.142. The second-order valence-corrected chi connectivity index (χ2v) is 15.6. The Bertz CT molecular complexity index is 1980. The van der Waals surface area contributed by atoms with Gasteiger partial charge in [-0.1, -0.05) is 23.7 Å². The number of fused-ring (bicyclic) bond motifs is 2. The number of halogens is 1. The van der Waals surface area contributed by atoms with E-state index in [9.17, 15) is 4.79 Å². The van der Waals surface area contributed by atoms with Crippen molar-refractivity contribution in [3.05, 3.63) is 70.4 Å². The summed E-state index contributed by atoms with van der Waals surface area (Å²) in [6.45, 7) is 16.9. The molecule has 0 unspecified atom stereocenters. The predicted molar refractivity (Wildman–Crippen MR) is 198 cm³/mol. The molecule has 7 rings (SSSR count). The van der Waals surface area contributed by atoms with Gasteiger partial charge in [0.15, 0.2) is 6.10 Å². The number of thiazole rings is 1. The smallest absolute Gasteiger partial charge is 0.339 e. The number of rotatable bonds is 9. The molecule has 2 fully saturated rings. The molecular formula is C39H45ClN4O4S. The third kappa shape index (κ3) is 6.76. The van der Waals surface area contributed by atoms with E-state index in [4.69, 9.17) is 35.9 Å². The van der Waals surface area contributed by atoms with Gasteiger partial charge in [-0.2, -0.15) is 5.10 Å². The van der Waals surface area contributed by atoms with Crippen molar-refractivity contribution >= 4 is 50.0 Å². The monoisotopic (exact) mass is 700 g/mol. The Hall–Kier alpha value is -3.34. The molecule has 0 N–H and O–H groups in total. The zero-order valence-corrected chi connectivity index (χ0v) is 30.8. The summed E-state index contributed by atoms with van der Waals surface area (Å²) < 4.78 is 20.7. The lowest BCUT2D eigenvalue weighted by Crippen LogP contribution is -2.51. The highest BCUT2D eigenvalue weighted by molar-refractivity contribution is 7.22. The highest BCUT2D eigenvalue weighted by Crippen LogP contribution is 2.45. The van der Waals surface area contributed by atoms with Crippen molar-refractivity contribution in [3.63, 3.8) is 0 Å². The molecule has 5 aromatic rings. The Morgan fingerprint density at radius 3 is 2.39 bits per heavy atom. The first-order chi connectivity index (χ1) is 23.5. The second kappa shape index (κ2) is 13.8. The second-order valence-electron chi connectivity index (χ2n) is 14.2.